The molecule has 1 aliphatic carbocycles. The summed E-state index contributed by atoms with van der Waals surface area (Å²) in [6.07, 6.45) is 5.96. The van der Waals surface area contributed by atoms with Crippen molar-refractivity contribution in [2.24, 2.45) is 5.92 Å². The standard InChI is InChI=1S/C30H35N3O2Si/c1-30(2,3)36(4,5)35-25-15-13-22(14-16-25)27-26(21-9-7-6-8-10-21)29(34-33-27)28(23-11-12-23)32-24-17-19-31-20-18-24/h6-10,13-20,23,28H,11-12H2,1-5H3,(H,31,32). The lowest BCUT2D eigenvalue weighted by Gasteiger charge is -2.36. The van der Waals surface area contributed by atoms with Gasteiger partial charge in [0.25, 0.3) is 0 Å². The Hall–Kier alpha value is -3.38. The molecule has 0 bridgehead atoms. The second-order valence-corrected chi connectivity index (χ2v) is 15.9. The van der Waals surface area contributed by atoms with Crippen LogP contribution in [0.5, 0.6) is 5.75 Å². The SMILES string of the molecule is CC(C)(C)[Si](C)(C)Oc1ccc(-c2noc(C(Nc3ccncc3)C3CC3)c2-c2ccccc2)cc1. The minimum atomic E-state index is -1.91. The fourth-order valence-corrected chi connectivity index (χ4v) is 5.21. The van der Waals surface area contributed by atoms with Crippen LogP contribution in [0.25, 0.3) is 22.4 Å². The first kappa shape index (κ1) is 24.3. The van der Waals surface area contributed by atoms with Crippen LogP contribution >= 0.6 is 0 Å². The Morgan fingerprint density at radius 3 is 2.19 bits per heavy atom. The van der Waals surface area contributed by atoms with Crippen molar-refractivity contribution in [2.75, 3.05) is 5.32 Å². The number of pyridine rings is 1. The van der Waals surface area contributed by atoms with Crippen LogP contribution in [-0.2, 0) is 0 Å². The molecular weight excluding hydrogens is 462 g/mol. The van der Waals surface area contributed by atoms with Crippen LogP contribution in [0.15, 0.2) is 83.6 Å². The number of anilines is 1. The monoisotopic (exact) mass is 497 g/mol. The van der Waals surface area contributed by atoms with E-state index in [0.717, 1.165) is 39.6 Å². The maximum atomic E-state index is 6.50. The summed E-state index contributed by atoms with van der Waals surface area (Å²) in [5.74, 6) is 2.31. The molecule has 1 unspecified atom stereocenters. The zero-order valence-electron chi connectivity index (χ0n) is 21.8. The van der Waals surface area contributed by atoms with Crippen molar-refractivity contribution in [1.82, 2.24) is 10.1 Å². The van der Waals surface area contributed by atoms with Crippen molar-refractivity contribution in [3.63, 3.8) is 0 Å². The fourth-order valence-electron chi connectivity index (χ4n) is 4.18. The van der Waals surface area contributed by atoms with Gasteiger partial charge in [-0.3, -0.25) is 4.98 Å². The van der Waals surface area contributed by atoms with E-state index in [1.165, 1.54) is 12.8 Å². The molecule has 1 fully saturated rings. The Kier molecular flexibility index (Phi) is 6.47. The lowest BCUT2D eigenvalue weighted by Crippen LogP contribution is -2.43. The predicted octanol–water partition coefficient (Wildman–Crippen LogP) is 8.35. The molecule has 36 heavy (non-hydrogen) atoms. The first-order valence-electron chi connectivity index (χ1n) is 12.7. The average molecular weight is 498 g/mol. The average Bonchev–Trinajstić information content (AvgIpc) is 3.61. The van der Waals surface area contributed by atoms with Gasteiger partial charge < -0.3 is 14.3 Å². The van der Waals surface area contributed by atoms with Crippen molar-refractivity contribution < 1.29 is 8.95 Å². The summed E-state index contributed by atoms with van der Waals surface area (Å²) >= 11 is 0. The van der Waals surface area contributed by atoms with E-state index in [2.05, 4.69) is 97.9 Å². The van der Waals surface area contributed by atoms with Gasteiger partial charge in [0.2, 0.25) is 8.32 Å². The normalized spacial score (nSPS) is 14.9. The topological polar surface area (TPSA) is 60.2 Å². The Balaban J connectivity index is 1.52. The van der Waals surface area contributed by atoms with E-state index in [-0.39, 0.29) is 11.1 Å². The molecule has 0 aliphatic heterocycles. The second kappa shape index (κ2) is 9.58. The molecule has 1 atom stereocenters. The highest BCUT2D eigenvalue weighted by molar-refractivity contribution is 6.74. The number of nitrogens with one attached hydrogen (secondary N) is 1. The number of rotatable bonds is 8. The molecule has 2 aromatic heterocycles. The van der Waals surface area contributed by atoms with Crippen LogP contribution in [0.1, 0.15) is 45.4 Å². The molecule has 0 amide bonds. The molecule has 5 rings (SSSR count). The lowest BCUT2D eigenvalue weighted by molar-refractivity contribution is 0.361. The third-order valence-corrected chi connectivity index (χ3v) is 11.8. The molecule has 1 N–H and O–H groups in total. The molecule has 5 nitrogen and oxygen atoms in total. The van der Waals surface area contributed by atoms with Crippen molar-refractivity contribution in [2.45, 2.75) is 57.8 Å². The van der Waals surface area contributed by atoms with Crippen LogP contribution in [-0.4, -0.2) is 18.5 Å². The Labute approximate surface area is 215 Å². The smallest absolute Gasteiger partial charge is 0.250 e. The number of aromatic nitrogens is 2. The van der Waals surface area contributed by atoms with Gasteiger partial charge in [-0.2, -0.15) is 0 Å². The van der Waals surface area contributed by atoms with Gasteiger partial charge in [-0.1, -0.05) is 56.3 Å². The van der Waals surface area contributed by atoms with E-state index in [4.69, 9.17) is 8.95 Å². The number of hydrogen-bond donors (Lipinski definition) is 1. The van der Waals surface area contributed by atoms with Gasteiger partial charge >= 0.3 is 0 Å². The van der Waals surface area contributed by atoms with E-state index >= 15 is 0 Å². The van der Waals surface area contributed by atoms with Crippen LogP contribution in [0.3, 0.4) is 0 Å². The summed E-state index contributed by atoms with van der Waals surface area (Å²) in [7, 11) is -1.91. The van der Waals surface area contributed by atoms with Crippen molar-refractivity contribution in [1.29, 1.82) is 0 Å². The highest BCUT2D eigenvalue weighted by Gasteiger charge is 2.39. The van der Waals surface area contributed by atoms with Gasteiger partial charge in [-0.25, -0.2) is 0 Å². The Morgan fingerprint density at radius 2 is 1.58 bits per heavy atom. The molecule has 186 valence electrons. The number of benzene rings is 2. The van der Waals surface area contributed by atoms with Crippen LogP contribution in [0.4, 0.5) is 5.69 Å². The van der Waals surface area contributed by atoms with E-state index in [0.29, 0.717) is 5.92 Å². The van der Waals surface area contributed by atoms with Crippen molar-refractivity contribution in [3.05, 3.63) is 84.9 Å². The zero-order valence-corrected chi connectivity index (χ0v) is 22.8. The first-order valence-corrected chi connectivity index (χ1v) is 15.6. The fraction of sp³-hybridized carbons (Fsp3) is 0.333. The van der Waals surface area contributed by atoms with Crippen LogP contribution in [0.2, 0.25) is 18.1 Å². The van der Waals surface area contributed by atoms with Gasteiger partial charge in [-0.15, -0.1) is 0 Å². The molecule has 1 saturated carbocycles. The van der Waals surface area contributed by atoms with E-state index in [1.54, 1.807) is 0 Å². The summed E-state index contributed by atoms with van der Waals surface area (Å²) in [4.78, 5) is 4.15. The minimum Gasteiger partial charge on any atom is -0.544 e. The molecule has 1 aliphatic rings. The maximum Gasteiger partial charge on any atom is 0.250 e. The molecule has 0 saturated heterocycles. The molecule has 0 spiro atoms. The summed E-state index contributed by atoms with van der Waals surface area (Å²) in [6, 6.07) is 22.8. The molecule has 2 aromatic carbocycles. The third-order valence-electron chi connectivity index (χ3n) is 7.47. The molecule has 2 heterocycles. The number of hydrogen-bond acceptors (Lipinski definition) is 5. The van der Waals surface area contributed by atoms with Gasteiger partial charge in [0.05, 0.1) is 11.6 Å². The van der Waals surface area contributed by atoms with Gasteiger partial charge in [-0.05, 0) is 78.9 Å². The van der Waals surface area contributed by atoms with Crippen molar-refractivity contribution >= 4 is 14.0 Å². The van der Waals surface area contributed by atoms with Crippen molar-refractivity contribution in [3.8, 4) is 28.1 Å². The van der Waals surface area contributed by atoms with Gasteiger partial charge in [0, 0.05) is 23.6 Å². The second-order valence-electron chi connectivity index (χ2n) is 11.2. The largest absolute Gasteiger partial charge is 0.544 e. The zero-order chi connectivity index (χ0) is 25.3. The Morgan fingerprint density at radius 1 is 0.917 bits per heavy atom. The number of nitrogens with zero attached hydrogens (tertiary/aromatic N) is 2. The summed E-state index contributed by atoms with van der Waals surface area (Å²) in [5, 5.41) is 8.46. The van der Waals surface area contributed by atoms with E-state index in [9.17, 15) is 0 Å². The third kappa shape index (κ3) is 5.09. The summed E-state index contributed by atoms with van der Waals surface area (Å²) in [6.45, 7) is 11.3. The minimum absolute atomic E-state index is 0.0463. The van der Waals surface area contributed by atoms with Crippen LogP contribution < -0.4 is 9.74 Å². The lowest BCUT2D eigenvalue weighted by atomic mass is 9.95. The maximum absolute atomic E-state index is 6.50. The summed E-state index contributed by atoms with van der Waals surface area (Å²) < 4.78 is 12.6. The summed E-state index contributed by atoms with van der Waals surface area (Å²) in [5.41, 5.74) is 5.06. The first-order chi connectivity index (χ1) is 17.2. The van der Waals surface area contributed by atoms with E-state index in [1.807, 2.05) is 30.6 Å². The molecular formula is C30H35N3O2Si. The highest BCUT2D eigenvalue weighted by Crippen LogP contribution is 2.48. The highest BCUT2D eigenvalue weighted by atomic mass is 28.4. The molecule has 4 aromatic rings. The molecule has 0 radical (unpaired) electrons. The van der Waals surface area contributed by atoms with Crippen LogP contribution in [0, 0.1) is 5.92 Å². The quantitative estimate of drug-likeness (QED) is 0.248. The Bertz CT molecular complexity index is 1290. The van der Waals surface area contributed by atoms with Gasteiger partial charge in [0.1, 0.15) is 11.4 Å². The predicted molar refractivity (Wildman–Crippen MR) is 149 cm³/mol. The molecule has 6 heteroatoms. The van der Waals surface area contributed by atoms with Gasteiger partial charge in [0.15, 0.2) is 5.76 Å². The van der Waals surface area contributed by atoms with E-state index < -0.39 is 8.32 Å².